The lowest BCUT2D eigenvalue weighted by Crippen LogP contribution is -2.43. The lowest BCUT2D eigenvalue weighted by Gasteiger charge is -2.26. The highest BCUT2D eigenvalue weighted by molar-refractivity contribution is 9.10. The fourth-order valence-corrected chi connectivity index (χ4v) is 3.51. The first-order valence-electron chi connectivity index (χ1n) is 9.53. The number of carbonyl (C=O) groups excluding carboxylic acids is 1. The van der Waals surface area contributed by atoms with E-state index in [4.69, 9.17) is 9.47 Å². The Morgan fingerprint density at radius 2 is 1.89 bits per heavy atom. The van der Waals surface area contributed by atoms with E-state index in [2.05, 4.69) is 36.7 Å². The molecule has 156 valence electrons. The Morgan fingerprint density at radius 1 is 1.25 bits per heavy atom. The van der Waals surface area contributed by atoms with Crippen molar-refractivity contribution in [1.82, 2.24) is 4.90 Å². The first-order valence-corrected chi connectivity index (χ1v) is 10.3. The van der Waals surface area contributed by atoms with Gasteiger partial charge in [-0.1, -0.05) is 26.8 Å². The molecule has 0 aromatic heterocycles. The number of aliphatic carboxylic acids is 1. The van der Waals surface area contributed by atoms with E-state index in [0.29, 0.717) is 5.75 Å². The van der Waals surface area contributed by atoms with Crippen molar-refractivity contribution in [2.75, 3.05) is 6.54 Å². The van der Waals surface area contributed by atoms with Gasteiger partial charge in [0.05, 0.1) is 11.0 Å². The van der Waals surface area contributed by atoms with Gasteiger partial charge in [0.25, 0.3) is 0 Å². The third-order valence-corrected chi connectivity index (χ3v) is 5.69. The Morgan fingerprint density at radius 3 is 2.39 bits per heavy atom. The van der Waals surface area contributed by atoms with Gasteiger partial charge in [-0.15, -0.1) is 0 Å². The fraction of sp³-hybridized carbons (Fsp3) is 0.619. The fourth-order valence-electron chi connectivity index (χ4n) is 3.04. The third kappa shape index (κ3) is 5.40. The summed E-state index contributed by atoms with van der Waals surface area (Å²) >= 11 is 3.56. The molecule has 0 radical (unpaired) electrons. The van der Waals surface area contributed by atoms with Crippen LogP contribution in [0, 0.1) is 0 Å². The molecular weight excluding hydrogens is 426 g/mol. The number of halogens is 1. The molecule has 1 heterocycles. The monoisotopic (exact) mass is 455 g/mol. The molecule has 2 rings (SSSR count). The molecule has 0 spiro atoms. The minimum Gasteiger partial charge on any atom is -0.487 e. The van der Waals surface area contributed by atoms with Crippen LogP contribution >= 0.6 is 15.9 Å². The van der Waals surface area contributed by atoms with E-state index in [1.54, 1.807) is 20.8 Å². The van der Waals surface area contributed by atoms with E-state index in [1.807, 2.05) is 18.2 Å². The lowest BCUT2D eigenvalue weighted by molar-refractivity contribution is -0.142. The molecule has 1 aliphatic heterocycles. The minimum absolute atomic E-state index is 0.0519. The van der Waals surface area contributed by atoms with Gasteiger partial charge in [-0.25, -0.2) is 9.59 Å². The van der Waals surface area contributed by atoms with Gasteiger partial charge in [0, 0.05) is 6.42 Å². The summed E-state index contributed by atoms with van der Waals surface area (Å²) in [5, 5.41) is 9.51. The Bertz CT molecular complexity index is 741. The number of hydrogen-bond donors (Lipinski definition) is 1. The van der Waals surface area contributed by atoms with Gasteiger partial charge >= 0.3 is 12.1 Å². The van der Waals surface area contributed by atoms with Gasteiger partial charge in [0.2, 0.25) is 0 Å². The van der Waals surface area contributed by atoms with Crippen LogP contribution < -0.4 is 4.74 Å². The Labute approximate surface area is 175 Å². The topological polar surface area (TPSA) is 76.1 Å². The van der Waals surface area contributed by atoms with Gasteiger partial charge in [-0.05, 0) is 66.2 Å². The van der Waals surface area contributed by atoms with E-state index in [1.165, 1.54) is 10.5 Å². The van der Waals surface area contributed by atoms with Gasteiger partial charge in [-0.3, -0.25) is 4.90 Å². The maximum Gasteiger partial charge on any atom is 0.411 e. The van der Waals surface area contributed by atoms with Crippen LogP contribution in [0.25, 0.3) is 0 Å². The van der Waals surface area contributed by atoms with Crippen LogP contribution in [0.5, 0.6) is 5.75 Å². The molecule has 6 nitrogen and oxygen atoms in total. The highest BCUT2D eigenvalue weighted by Gasteiger charge is 2.42. The second-order valence-electron chi connectivity index (χ2n) is 8.84. The number of amides is 1. The average molecular weight is 456 g/mol. The second-order valence-corrected chi connectivity index (χ2v) is 9.70. The molecule has 0 bridgehead atoms. The van der Waals surface area contributed by atoms with Crippen molar-refractivity contribution < 1.29 is 24.2 Å². The molecule has 0 saturated carbocycles. The summed E-state index contributed by atoms with van der Waals surface area (Å²) in [5.74, 6) is -0.424. The van der Waals surface area contributed by atoms with Crippen LogP contribution in [0.2, 0.25) is 0 Å². The van der Waals surface area contributed by atoms with Crippen molar-refractivity contribution in [1.29, 1.82) is 0 Å². The predicted molar refractivity (Wildman–Crippen MR) is 111 cm³/mol. The molecule has 2 unspecified atom stereocenters. The highest BCUT2D eigenvalue weighted by atomic mass is 79.9. The minimum atomic E-state index is -1.06. The number of carboxylic acids is 1. The summed E-state index contributed by atoms with van der Waals surface area (Å²) in [4.78, 5) is 25.3. The SMILES string of the molecule is CCC(C)(C)c1ccc(OC2CC(C(=O)O)N(C(=O)OC(C)(C)C)C2)c(Br)c1. The molecule has 1 aromatic rings. The van der Waals surface area contributed by atoms with Crippen molar-refractivity contribution in [3.63, 3.8) is 0 Å². The van der Waals surface area contributed by atoms with Crippen LogP contribution in [0.4, 0.5) is 4.79 Å². The first kappa shape index (κ1) is 22.5. The number of likely N-dealkylation sites (tertiary alicyclic amines) is 1. The van der Waals surface area contributed by atoms with E-state index >= 15 is 0 Å². The molecule has 1 aliphatic rings. The van der Waals surface area contributed by atoms with E-state index in [0.717, 1.165) is 10.9 Å². The molecular formula is C21H30BrNO5. The summed E-state index contributed by atoms with van der Waals surface area (Å²) in [5.41, 5.74) is 0.555. The Balaban J connectivity index is 2.15. The maximum absolute atomic E-state index is 12.4. The van der Waals surface area contributed by atoms with Crippen LogP contribution in [0.15, 0.2) is 22.7 Å². The van der Waals surface area contributed by atoms with Crippen molar-refractivity contribution in [2.45, 2.75) is 77.5 Å². The Hall–Kier alpha value is -1.76. The summed E-state index contributed by atoms with van der Waals surface area (Å²) in [7, 11) is 0. The molecule has 1 saturated heterocycles. The first-order chi connectivity index (χ1) is 12.8. The summed E-state index contributed by atoms with van der Waals surface area (Å²) in [6, 6.07) is 4.99. The highest BCUT2D eigenvalue weighted by Crippen LogP contribution is 2.35. The van der Waals surface area contributed by atoms with Crippen molar-refractivity contribution >= 4 is 28.0 Å². The standard InChI is InChI=1S/C21H30BrNO5/c1-7-21(5,6)13-8-9-17(15(22)10-13)27-14-11-16(18(24)25)23(12-14)19(26)28-20(2,3)4/h8-10,14,16H,7,11-12H2,1-6H3,(H,24,25). The number of ether oxygens (including phenoxy) is 2. The molecule has 1 fully saturated rings. The molecule has 1 amide bonds. The van der Waals surface area contributed by atoms with Crippen LogP contribution in [-0.2, 0) is 14.9 Å². The summed E-state index contributed by atoms with van der Waals surface area (Å²) < 4.78 is 12.2. The zero-order valence-electron chi connectivity index (χ0n) is 17.4. The van der Waals surface area contributed by atoms with Gasteiger partial charge in [0.1, 0.15) is 23.5 Å². The largest absolute Gasteiger partial charge is 0.487 e. The zero-order valence-corrected chi connectivity index (χ0v) is 19.0. The molecule has 2 atom stereocenters. The predicted octanol–water partition coefficient (Wildman–Crippen LogP) is 4.98. The zero-order chi connectivity index (χ0) is 21.3. The van der Waals surface area contributed by atoms with Crippen LogP contribution in [0.3, 0.4) is 0 Å². The summed E-state index contributed by atoms with van der Waals surface area (Å²) in [6.07, 6.45) is 0.163. The van der Waals surface area contributed by atoms with Crippen molar-refractivity contribution in [3.05, 3.63) is 28.2 Å². The quantitative estimate of drug-likeness (QED) is 0.677. The molecule has 7 heteroatoms. The third-order valence-electron chi connectivity index (χ3n) is 5.07. The number of hydrogen-bond acceptors (Lipinski definition) is 4. The number of carbonyl (C=O) groups is 2. The number of rotatable bonds is 5. The number of benzene rings is 1. The van der Waals surface area contributed by atoms with Crippen molar-refractivity contribution in [2.24, 2.45) is 0 Å². The molecule has 28 heavy (non-hydrogen) atoms. The van der Waals surface area contributed by atoms with Crippen molar-refractivity contribution in [3.8, 4) is 5.75 Å². The second kappa shape index (κ2) is 8.31. The van der Waals surface area contributed by atoms with E-state index < -0.39 is 29.8 Å². The smallest absolute Gasteiger partial charge is 0.411 e. The normalized spacial score (nSPS) is 20.2. The van der Waals surface area contributed by atoms with Gasteiger partial charge in [0.15, 0.2) is 0 Å². The Kier molecular flexibility index (Phi) is 6.69. The summed E-state index contributed by atoms with van der Waals surface area (Å²) in [6.45, 7) is 11.9. The number of nitrogens with zero attached hydrogens (tertiary/aromatic N) is 1. The average Bonchev–Trinajstić information content (AvgIpc) is 2.99. The molecule has 1 N–H and O–H groups in total. The van der Waals surface area contributed by atoms with Crippen LogP contribution in [0.1, 0.15) is 59.9 Å². The molecule has 0 aliphatic carbocycles. The van der Waals surface area contributed by atoms with E-state index in [9.17, 15) is 14.7 Å². The van der Waals surface area contributed by atoms with Gasteiger partial charge in [-0.2, -0.15) is 0 Å². The molecule has 1 aromatic carbocycles. The van der Waals surface area contributed by atoms with Gasteiger partial charge < -0.3 is 14.6 Å². The van der Waals surface area contributed by atoms with Crippen LogP contribution in [-0.4, -0.2) is 46.4 Å². The number of carboxylic acid groups (broad SMARTS) is 1. The van der Waals surface area contributed by atoms with E-state index in [-0.39, 0.29) is 18.4 Å². The lowest BCUT2D eigenvalue weighted by atomic mass is 9.82. The maximum atomic E-state index is 12.4.